The van der Waals surface area contributed by atoms with Crippen LogP contribution in [0.1, 0.15) is 37.3 Å². The summed E-state index contributed by atoms with van der Waals surface area (Å²) in [5.74, 6) is 3.52. The number of hydrogen-bond donors (Lipinski definition) is 2. The van der Waals surface area contributed by atoms with E-state index >= 15 is 0 Å². The van der Waals surface area contributed by atoms with Crippen molar-refractivity contribution < 1.29 is 9.47 Å². The molecule has 1 heterocycles. The Hall–Kier alpha value is -2.50. The summed E-state index contributed by atoms with van der Waals surface area (Å²) in [7, 11) is 3.27. The van der Waals surface area contributed by atoms with Gasteiger partial charge in [-0.15, -0.1) is 0 Å². The maximum Gasteiger partial charge on any atom is 0.225 e. The van der Waals surface area contributed by atoms with Crippen LogP contribution < -0.4 is 20.1 Å². The fourth-order valence-corrected chi connectivity index (χ4v) is 2.65. The number of aromatic nitrogens is 2. The van der Waals surface area contributed by atoms with Gasteiger partial charge in [-0.25, -0.2) is 4.98 Å². The minimum absolute atomic E-state index is 0.536. The molecule has 1 aromatic carbocycles. The van der Waals surface area contributed by atoms with E-state index in [0.717, 1.165) is 23.1 Å². The number of hydrogen-bond acceptors (Lipinski definition) is 6. The van der Waals surface area contributed by atoms with Gasteiger partial charge in [0.2, 0.25) is 5.95 Å². The Labute approximate surface area is 141 Å². The van der Waals surface area contributed by atoms with Crippen molar-refractivity contribution in [3.05, 3.63) is 30.0 Å². The maximum atomic E-state index is 5.36. The van der Waals surface area contributed by atoms with Crippen molar-refractivity contribution in [1.82, 2.24) is 9.97 Å². The van der Waals surface area contributed by atoms with Crippen molar-refractivity contribution in [2.24, 2.45) is 0 Å². The average Bonchev–Trinajstić information content (AvgIpc) is 3.47. The molecule has 24 heavy (non-hydrogen) atoms. The van der Waals surface area contributed by atoms with Crippen LogP contribution in [-0.2, 0) is 0 Å². The average molecular weight is 326 g/mol. The van der Waals surface area contributed by atoms with Gasteiger partial charge in [-0.2, -0.15) is 4.98 Å². The number of anilines is 3. The van der Waals surface area contributed by atoms with E-state index in [0.29, 0.717) is 23.5 Å². The Morgan fingerprint density at radius 2 is 1.75 bits per heavy atom. The summed E-state index contributed by atoms with van der Waals surface area (Å²) in [5, 5.41) is 6.76. The van der Waals surface area contributed by atoms with Gasteiger partial charge in [0.05, 0.1) is 19.9 Å². The topological polar surface area (TPSA) is 68.3 Å². The van der Waals surface area contributed by atoms with Gasteiger partial charge in [0.25, 0.3) is 0 Å². The normalized spacial score (nSPS) is 16.6. The quantitative estimate of drug-likeness (QED) is 0.809. The smallest absolute Gasteiger partial charge is 0.225 e. The molecule has 0 amide bonds. The summed E-state index contributed by atoms with van der Waals surface area (Å²) in [6.07, 6.45) is 4.84. The van der Waals surface area contributed by atoms with E-state index in [4.69, 9.17) is 9.47 Å². The van der Waals surface area contributed by atoms with Crippen molar-refractivity contribution >= 4 is 17.5 Å². The molecule has 0 unspecified atom stereocenters. The Morgan fingerprint density at radius 3 is 2.42 bits per heavy atom. The van der Waals surface area contributed by atoms with Crippen LogP contribution in [0.3, 0.4) is 0 Å². The second-order valence-corrected chi connectivity index (χ2v) is 6.39. The Bertz CT molecular complexity index is 742. The molecule has 2 aromatic rings. The molecular weight excluding hydrogens is 304 g/mol. The first-order valence-corrected chi connectivity index (χ1v) is 8.39. The van der Waals surface area contributed by atoms with Crippen molar-refractivity contribution in [3.63, 3.8) is 0 Å². The van der Waals surface area contributed by atoms with Crippen molar-refractivity contribution in [2.75, 3.05) is 24.9 Å². The number of ether oxygens (including phenoxy) is 2. The second-order valence-electron chi connectivity index (χ2n) is 6.39. The maximum absolute atomic E-state index is 5.36. The molecule has 0 radical (unpaired) electrons. The van der Waals surface area contributed by atoms with Crippen LogP contribution in [0.25, 0.3) is 0 Å². The van der Waals surface area contributed by atoms with Crippen molar-refractivity contribution in [1.29, 1.82) is 0 Å². The SMILES string of the molecule is COc1ccc(Nc2cc(C3CC3)nc(NC3CC3)n2)cc1OC. The molecule has 126 valence electrons. The summed E-state index contributed by atoms with van der Waals surface area (Å²) in [5.41, 5.74) is 2.03. The molecule has 0 spiro atoms. The first-order chi connectivity index (χ1) is 11.7. The molecule has 4 rings (SSSR count). The summed E-state index contributed by atoms with van der Waals surface area (Å²) < 4.78 is 10.6. The third-order valence-corrected chi connectivity index (χ3v) is 4.31. The minimum Gasteiger partial charge on any atom is -0.493 e. The number of benzene rings is 1. The molecule has 2 saturated carbocycles. The van der Waals surface area contributed by atoms with Crippen molar-refractivity contribution in [2.45, 2.75) is 37.6 Å². The molecule has 2 aliphatic carbocycles. The zero-order chi connectivity index (χ0) is 16.5. The van der Waals surface area contributed by atoms with E-state index in [1.807, 2.05) is 24.3 Å². The van der Waals surface area contributed by atoms with E-state index in [1.165, 1.54) is 25.7 Å². The van der Waals surface area contributed by atoms with E-state index in [1.54, 1.807) is 14.2 Å². The lowest BCUT2D eigenvalue weighted by atomic mass is 10.2. The van der Waals surface area contributed by atoms with Gasteiger partial charge in [0.1, 0.15) is 5.82 Å². The molecule has 1 aromatic heterocycles. The summed E-state index contributed by atoms with van der Waals surface area (Å²) in [6, 6.07) is 8.33. The van der Waals surface area contributed by atoms with Crippen LogP contribution >= 0.6 is 0 Å². The molecule has 6 nitrogen and oxygen atoms in total. The Balaban J connectivity index is 1.59. The first-order valence-electron chi connectivity index (χ1n) is 8.39. The molecule has 0 aliphatic heterocycles. The predicted molar refractivity (Wildman–Crippen MR) is 93.5 cm³/mol. The largest absolute Gasteiger partial charge is 0.493 e. The standard InChI is InChI=1S/C18H22N4O2/c1-23-15-8-7-13(9-16(15)24-2)19-17-10-14(11-3-4-11)21-18(22-17)20-12-5-6-12/h7-12H,3-6H2,1-2H3,(H2,19,20,21,22). The van der Waals surface area contributed by atoms with E-state index in [2.05, 4.69) is 20.6 Å². The van der Waals surface area contributed by atoms with Gasteiger partial charge in [0.15, 0.2) is 11.5 Å². The molecule has 0 atom stereocenters. The van der Waals surface area contributed by atoms with E-state index < -0.39 is 0 Å². The highest BCUT2D eigenvalue weighted by atomic mass is 16.5. The van der Waals surface area contributed by atoms with Gasteiger partial charge in [0, 0.05) is 29.8 Å². The zero-order valence-electron chi connectivity index (χ0n) is 14.0. The van der Waals surface area contributed by atoms with E-state index in [-0.39, 0.29) is 0 Å². The minimum atomic E-state index is 0.536. The highest BCUT2D eigenvalue weighted by Crippen LogP contribution is 2.40. The zero-order valence-corrected chi connectivity index (χ0v) is 14.0. The second kappa shape index (κ2) is 6.19. The number of nitrogens with one attached hydrogen (secondary N) is 2. The highest BCUT2D eigenvalue weighted by Gasteiger charge is 2.28. The van der Waals surface area contributed by atoms with Crippen LogP contribution in [0.4, 0.5) is 17.5 Å². The first kappa shape index (κ1) is 15.1. The number of rotatable bonds is 7. The predicted octanol–water partition coefficient (Wildman–Crippen LogP) is 3.69. The molecule has 2 fully saturated rings. The van der Waals surface area contributed by atoms with Gasteiger partial charge in [-0.05, 0) is 37.8 Å². The summed E-state index contributed by atoms with van der Waals surface area (Å²) >= 11 is 0. The van der Waals surface area contributed by atoms with Gasteiger partial charge >= 0.3 is 0 Å². The van der Waals surface area contributed by atoms with Crippen molar-refractivity contribution in [3.8, 4) is 11.5 Å². The molecule has 6 heteroatoms. The summed E-state index contributed by atoms with van der Waals surface area (Å²) in [4.78, 5) is 9.28. The van der Waals surface area contributed by atoms with Crippen LogP contribution in [0.15, 0.2) is 24.3 Å². The third kappa shape index (κ3) is 3.37. The number of methoxy groups -OCH3 is 2. The van der Waals surface area contributed by atoms with Gasteiger partial charge in [-0.3, -0.25) is 0 Å². The molecule has 2 aliphatic rings. The van der Waals surface area contributed by atoms with Crippen LogP contribution in [0, 0.1) is 0 Å². The third-order valence-electron chi connectivity index (χ3n) is 4.31. The molecule has 0 bridgehead atoms. The fraction of sp³-hybridized carbons (Fsp3) is 0.444. The summed E-state index contributed by atoms with van der Waals surface area (Å²) in [6.45, 7) is 0. The number of nitrogens with zero attached hydrogens (tertiary/aromatic N) is 2. The van der Waals surface area contributed by atoms with Gasteiger partial charge in [-0.1, -0.05) is 0 Å². The Kier molecular flexibility index (Phi) is 3.88. The van der Waals surface area contributed by atoms with Crippen LogP contribution in [-0.4, -0.2) is 30.2 Å². The molecule has 0 saturated heterocycles. The van der Waals surface area contributed by atoms with Crippen LogP contribution in [0.5, 0.6) is 11.5 Å². The molecule has 2 N–H and O–H groups in total. The fourth-order valence-electron chi connectivity index (χ4n) is 2.65. The molecular formula is C18H22N4O2. The lowest BCUT2D eigenvalue weighted by Crippen LogP contribution is -2.08. The Morgan fingerprint density at radius 1 is 0.958 bits per heavy atom. The van der Waals surface area contributed by atoms with Crippen LogP contribution in [0.2, 0.25) is 0 Å². The monoisotopic (exact) mass is 326 g/mol. The van der Waals surface area contributed by atoms with Gasteiger partial charge < -0.3 is 20.1 Å². The lowest BCUT2D eigenvalue weighted by Gasteiger charge is -2.13. The van der Waals surface area contributed by atoms with E-state index in [9.17, 15) is 0 Å². The highest BCUT2D eigenvalue weighted by molar-refractivity contribution is 5.62. The lowest BCUT2D eigenvalue weighted by molar-refractivity contribution is 0.355.